The first-order chi connectivity index (χ1) is 9.06. The Morgan fingerprint density at radius 1 is 1.42 bits per heavy atom. The minimum atomic E-state index is -0.828. The van der Waals surface area contributed by atoms with Gasteiger partial charge < -0.3 is 9.47 Å². The Morgan fingerprint density at radius 2 is 2.11 bits per heavy atom. The van der Waals surface area contributed by atoms with Crippen LogP contribution in [0, 0.1) is 10.1 Å². The van der Waals surface area contributed by atoms with E-state index in [1.54, 1.807) is 0 Å². The number of hydrogen-bond acceptors (Lipinski definition) is 6. The molecule has 0 N–H and O–H groups in total. The average Bonchev–Trinajstić information content (AvgIpc) is 2.75. The van der Waals surface area contributed by atoms with Gasteiger partial charge in [0.2, 0.25) is 6.10 Å². The first-order valence-corrected chi connectivity index (χ1v) is 5.66. The van der Waals surface area contributed by atoms with Gasteiger partial charge in [-0.25, -0.2) is 4.79 Å². The van der Waals surface area contributed by atoms with Gasteiger partial charge >= 0.3 is 11.9 Å². The van der Waals surface area contributed by atoms with Gasteiger partial charge in [-0.1, -0.05) is 12.1 Å². The number of rotatable bonds is 4. The van der Waals surface area contributed by atoms with Crippen molar-refractivity contribution in [1.29, 1.82) is 0 Å². The summed E-state index contributed by atoms with van der Waals surface area (Å²) in [5.41, 5.74) is 0.540. The van der Waals surface area contributed by atoms with Crippen molar-refractivity contribution < 1.29 is 24.0 Å². The number of nitro benzene ring substituents is 1. The number of hydrogen-bond donors (Lipinski definition) is 0. The quantitative estimate of drug-likeness (QED) is 0.457. The molecule has 0 aliphatic carbocycles. The fourth-order valence-electron chi connectivity index (χ4n) is 1.69. The second kappa shape index (κ2) is 5.47. The number of benzene rings is 1. The van der Waals surface area contributed by atoms with E-state index in [1.807, 2.05) is 0 Å². The van der Waals surface area contributed by atoms with Gasteiger partial charge in [-0.05, 0) is 5.56 Å². The molecule has 1 heterocycles. The fourth-order valence-corrected chi connectivity index (χ4v) is 1.69. The van der Waals surface area contributed by atoms with E-state index in [-0.39, 0.29) is 18.7 Å². The molecule has 7 heteroatoms. The highest BCUT2D eigenvalue weighted by molar-refractivity contribution is 5.81. The second-order valence-electron chi connectivity index (χ2n) is 4.04. The number of esters is 2. The zero-order valence-corrected chi connectivity index (χ0v) is 9.90. The molecule has 0 radical (unpaired) electrons. The highest BCUT2D eigenvalue weighted by Gasteiger charge is 2.30. The van der Waals surface area contributed by atoms with E-state index in [0.717, 1.165) is 0 Å². The standard InChI is InChI=1S/C12H11NO6/c14-11(19-10-5-6-18-12(10)15)7-8-1-3-9(4-2-8)13(16)17/h1-4,10H,5-7H2. The van der Waals surface area contributed by atoms with Gasteiger partial charge in [0.25, 0.3) is 5.69 Å². The van der Waals surface area contributed by atoms with Gasteiger partial charge in [0.1, 0.15) is 0 Å². The van der Waals surface area contributed by atoms with E-state index in [0.29, 0.717) is 12.0 Å². The summed E-state index contributed by atoms with van der Waals surface area (Å²) in [6.45, 7) is 0.258. The Labute approximate surface area is 108 Å². The van der Waals surface area contributed by atoms with Crippen LogP contribution in [0.1, 0.15) is 12.0 Å². The maximum Gasteiger partial charge on any atom is 0.347 e. The molecule has 1 aromatic carbocycles. The molecule has 0 aromatic heterocycles. The predicted octanol–water partition coefficient (Wildman–Crippen LogP) is 0.996. The van der Waals surface area contributed by atoms with Crippen molar-refractivity contribution in [2.45, 2.75) is 18.9 Å². The number of cyclic esters (lactones) is 1. The van der Waals surface area contributed by atoms with Crippen molar-refractivity contribution in [3.8, 4) is 0 Å². The smallest absolute Gasteiger partial charge is 0.347 e. The molecule has 100 valence electrons. The van der Waals surface area contributed by atoms with E-state index >= 15 is 0 Å². The minimum Gasteiger partial charge on any atom is -0.463 e. The number of nitro groups is 1. The molecule has 0 bridgehead atoms. The summed E-state index contributed by atoms with van der Waals surface area (Å²) in [6, 6.07) is 5.58. The van der Waals surface area contributed by atoms with Crippen LogP contribution in [0.3, 0.4) is 0 Å². The van der Waals surface area contributed by atoms with Crippen molar-refractivity contribution in [2.24, 2.45) is 0 Å². The van der Waals surface area contributed by atoms with E-state index in [9.17, 15) is 19.7 Å². The lowest BCUT2D eigenvalue weighted by molar-refractivity contribution is -0.384. The van der Waals surface area contributed by atoms with Gasteiger partial charge in [0, 0.05) is 18.6 Å². The first kappa shape index (κ1) is 13.0. The molecule has 1 atom stereocenters. The summed E-state index contributed by atoms with van der Waals surface area (Å²) < 4.78 is 9.63. The molecule has 1 unspecified atom stereocenters. The van der Waals surface area contributed by atoms with Gasteiger partial charge in [0.05, 0.1) is 18.0 Å². The third-order valence-electron chi connectivity index (χ3n) is 2.66. The topological polar surface area (TPSA) is 95.7 Å². The Hall–Kier alpha value is -2.44. The monoisotopic (exact) mass is 265 g/mol. The van der Waals surface area contributed by atoms with Crippen molar-refractivity contribution in [3.05, 3.63) is 39.9 Å². The van der Waals surface area contributed by atoms with Crippen molar-refractivity contribution in [1.82, 2.24) is 0 Å². The van der Waals surface area contributed by atoms with E-state index in [4.69, 9.17) is 4.74 Å². The van der Waals surface area contributed by atoms with Crippen molar-refractivity contribution in [3.63, 3.8) is 0 Å². The van der Waals surface area contributed by atoms with Gasteiger partial charge in [-0.15, -0.1) is 0 Å². The number of carbonyl (C=O) groups is 2. The Morgan fingerprint density at radius 3 is 2.63 bits per heavy atom. The van der Waals surface area contributed by atoms with Crippen LogP contribution < -0.4 is 0 Å². The van der Waals surface area contributed by atoms with Crippen LogP contribution in [-0.4, -0.2) is 29.6 Å². The molecule has 2 rings (SSSR count). The van der Waals surface area contributed by atoms with Gasteiger partial charge in [-0.3, -0.25) is 14.9 Å². The predicted molar refractivity (Wildman–Crippen MR) is 62.3 cm³/mol. The van der Waals surface area contributed by atoms with Crippen LogP contribution in [0.25, 0.3) is 0 Å². The Kier molecular flexibility index (Phi) is 3.74. The van der Waals surface area contributed by atoms with Gasteiger partial charge in [-0.2, -0.15) is 0 Å². The summed E-state index contributed by atoms with van der Waals surface area (Å²) in [5.74, 6) is -1.09. The summed E-state index contributed by atoms with van der Waals surface area (Å²) >= 11 is 0. The molecular weight excluding hydrogens is 254 g/mol. The SMILES string of the molecule is O=C(Cc1ccc([N+](=O)[O-])cc1)OC1CCOC1=O. The minimum absolute atomic E-state index is 0.0399. The largest absolute Gasteiger partial charge is 0.463 e. The molecular formula is C12H11NO6. The summed E-state index contributed by atoms with van der Waals surface area (Å²) in [5, 5.41) is 10.5. The van der Waals surface area contributed by atoms with Crippen LogP contribution >= 0.6 is 0 Å². The molecule has 7 nitrogen and oxygen atoms in total. The van der Waals surface area contributed by atoms with E-state index in [2.05, 4.69) is 4.74 Å². The maximum atomic E-state index is 11.6. The molecule has 1 saturated heterocycles. The molecule has 19 heavy (non-hydrogen) atoms. The number of non-ortho nitro benzene ring substituents is 1. The normalized spacial score (nSPS) is 17.9. The third-order valence-corrected chi connectivity index (χ3v) is 2.66. The molecule has 0 spiro atoms. The lowest BCUT2D eigenvalue weighted by Gasteiger charge is -2.08. The van der Waals surface area contributed by atoms with Crippen LogP contribution in [0.15, 0.2) is 24.3 Å². The van der Waals surface area contributed by atoms with Crippen LogP contribution in [0.2, 0.25) is 0 Å². The maximum absolute atomic E-state index is 11.6. The van der Waals surface area contributed by atoms with Crippen molar-refractivity contribution in [2.75, 3.05) is 6.61 Å². The third kappa shape index (κ3) is 3.27. The van der Waals surface area contributed by atoms with E-state index in [1.165, 1.54) is 24.3 Å². The highest BCUT2D eigenvalue weighted by atomic mass is 16.6. The second-order valence-corrected chi connectivity index (χ2v) is 4.04. The van der Waals surface area contributed by atoms with Crippen LogP contribution in [0.4, 0.5) is 5.69 Å². The summed E-state index contributed by atoms with van der Waals surface area (Å²) in [7, 11) is 0. The molecule has 1 aromatic rings. The summed E-state index contributed by atoms with van der Waals surface area (Å²) in [4.78, 5) is 32.6. The molecule has 1 aliphatic heterocycles. The molecule has 1 aliphatic rings. The zero-order chi connectivity index (χ0) is 13.8. The summed E-state index contributed by atoms with van der Waals surface area (Å²) in [6.07, 6.45) is -0.502. The zero-order valence-electron chi connectivity index (χ0n) is 9.90. The molecule has 0 amide bonds. The number of nitrogens with zero attached hydrogens (tertiary/aromatic N) is 1. The average molecular weight is 265 g/mol. The molecule has 1 fully saturated rings. The van der Waals surface area contributed by atoms with Gasteiger partial charge in [0.15, 0.2) is 0 Å². The Bertz CT molecular complexity index is 509. The Balaban J connectivity index is 1.91. The first-order valence-electron chi connectivity index (χ1n) is 5.66. The van der Waals surface area contributed by atoms with Crippen molar-refractivity contribution >= 4 is 17.6 Å². The van der Waals surface area contributed by atoms with E-state index < -0.39 is 23.0 Å². The number of carbonyl (C=O) groups excluding carboxylic acids is 2. The number of ether oxygens (including phenoxy) is 2. The van der Waals surface area contributed by atoms with Crippen LogP contribution in [-0.2, 0) is 25.5 Å². The molecule has 0 saturated carbocycles. The fraction of sp³-hybridized carbons (Fsp3) is 0.333. The highest BCUT2D eigenvalue weighted by Crippen LogP contribution is 2.14. The lowest BCUT2D eigenvalue weighted by Crippen LogP contribution is -2.23. The lowest BCUT2D eigenvalue weighted by atomic mass is 10.1. The van der Waals surface area contributed by atoms with Crippen LogP contribution in [0.5, 0.6) is 0 Å².